The molecular weight excluding hydrogens is 300 g/mol. The Morgan fingerprint density at radius 3 is 2.75 bits per heavy atom. The van der Waals surface area contributed by atoms with E-state index in [0.29, 0.717) is 6.61 Å². The molecule has 5 nitrogen and oxygen atoms in total. The second-order valence-corrected chi connectivity index (χ2v) is 5.61. The standard InChI is InChI=1S/C19H22N4O/c1-3-24-18-11-7-8-16(12-18)13-20-15(2)19-14-23(22-21-19)17-9-5-4-6-10-17/h4-12,14-15,20H,3,13H2,1-2H3/t15-/m1/s1. The molecule has 0 fully saturated rings. The first-order chi connectivity index (χ1) is 11.8. The third kappa shape index (κ3) is 4.00. The van der Waals surface area contributed by atoms with Crippen LogP contribution in [0.15, 0.2) is 60.8 Å². The summed E-state index contributed by atoms with van der Waals surface area (Å²) in [6, 6.07) is 18.2. The fraction of sp³-hybridized carbons (Fsp3) is 0.263. The van der Waals surface area contributed by atoms with Crippen molar-refractivity contribution in [1.29, 1.82) is 0 Å². The van der Waals surface area contributed by atoms with Gasteiger partial charge in [0.05, 0.1) is 30.2 Å². The molecule has 0 spiro atoms. The SMILES string of the molecule is CCOc1cccc(CN[C@H](C)c2cn(-c3ccccc3)nn2)c1. The largest absolute Gasteiger partial charge is 0.494 e. The fourth-order valence-electron chi connectivity index (χ4n) is 2.47. The smallest absolute Gasteiger partial charge is 0.119 e. The average molecular weight is 322 g/mol. The molecule has 0 saturated heterocycles. The summed E-state index contributed by atoms with van der Waals surface area (Å²) in [5.41, 5.74) is 3.11. The first kappa shape index (κ1) is 16.2. The van der Waals surface area contributed by atoms with E-state index in [4.69, 9.17) is 4.74 Å². The summed E-state index contributed by atoms with van der Waals surface area (Å²) in [6.45, 7) is 5.50. The minimum absolute atomic E-state index is 0.109. The number of ether oxygens (including phenoxy) is 1. The van der Waals surface area contributed by atoms with E-state index in [0.717, 1.165) is 23.7 Å². The van der Waals surface area contributed by atoms with Crippen LogP contribution in [0.2, 0.25) is 0 Å². The van der Waals surface area contributed by atoms with Crippen LogP contribution in [0.4, 0.5) is 0 Å². The first-order valence-corrected chi connectivity index (χ1v) is 8.19. The van der Waals surface area contributed by atoms with Gasteiger partial charge in [0, 0.05) is 6.54 Å². The van der Waals surface area contributed by atoms with Crippen LogP contribution in [0.25, 0.3) is 5.69 Å². The van der Waals surface area contributed by atoms with Crippen molar-refractivity contribution in [3.63, 3.8) is 0 Å². The topological polar surface area (TPSA) is 52.0 Å². The van der Waals surface area contributed by atoms with E-state index in [9.17, 15) is 0 Å². The molecule has 5 heteroatoms. The Morgan fingerprint density at radius 1 is 1.12 bits per heavy atom. The van der Waals surface area contributed by atoms with E-state index in [1.165, 1.54) is 5.56 Å². The Bertz CT molecular complexity index is 770. The molecule has 0 radical (unpaired) electrons. The molecule has 24 heavy (non-hydrogen) atoms. The molecular formula is C19H22N4O. The van der Waals surface area contributed by atoms with E-state index < -0.39 is 0 Å². The fourth-order valence-corrected chi connectivity index (χ4v) is 2.47. The molecule has 1 aromatic heterocycles. The summed E-state index contributed by atoms with van der Waals surface area (Å²) in [6.07, 6.45) is 1.96. The maximum atomic E-state index is 5.54. The zero-order valence-electron chi connectivity index (χ0n) is 14.0. The second kappa shape index (κ2) is 7.75. The van der Waals surface area contributed by atoms with E-state index in [2.05, 4.69) is 34.7 Å². The van der Waals surface area contributed by atoms with Gasteiger partial charge in [0.2, 0.25) is 0 Å². The van der Waals surface area contributed by atoms with Gasteiger partial charge in [-0.1, -0.05) is 35.5 Å². The number of hydrogen-bond donors (Lipinski definition) is 1. The summed E-state index contributed by atoms with van der Waals surface area (Å²) < 4.78 is 7.33. The second-order valence-electron chi connectivity index (χ2n) is 5.61. The van der Waals surface area contributed by atoms with Crippen molar-refractivity contribution in [1.82, 2.24) is 20.3 Å². The molecule has 1 atom stereocenters. The lowest BCUT2D eigenvalue weighted by Crippen LogP contribution is -2.18. The lowest BCUT2D eigenvalue weighted by atomic mass is 10.2. The Morgan fingerprint density at radius 2 is 1.96 bits per heavy atom. The van der Waals surface area contributed by atoms with Crippen LogP contribution in [0, 0.1) is 0 Å². The van der Waals surface area contributed by atoms with E-state index in [1.54, 1.807) is 4.68 Å². The van der Waals surface area contributed by atoms with Crippen molar-refractivity contribution in [2.75, 3.05) is 6.61 Å². The van der Waals surface area contributed by atoms with Gasteiger partial charge < -0.3 is 10.1 Å². The maximum Gasteiger partial charge on any atom is 0.119 e. The molecule has 0 unspecified atom stereocenters. The first-order valence-electron chi connectivity index (χ1n) is 8.19. The Balaban J connectivity index is 1.62. The van der Waals surface area contributed by atoms with Gasteiger partial charge in [-0.15, -0.1) is 5.10 Å². The lowest BCUT2D eigenvalue weighted by Gasteiger charge is -2.12. The predicted octanol–water partition coefficient (Wildman–Crippen LogP) is 3.52. The highest BCUT2D eigenvalue weighted by Crippen LogP contribution is 2.16. The van der Waals surface area contributed by atoms with Crippen LogP contribution >= 0.6 is 0 Å². The van der Waals surface area contributed by atoms with E-state index in [1.807, 2.05) is 55.6 Å². The molecule has 0 aliphatic carbocycles. The summed E-state index contributed by atoms with van der Waals surface area (Å²) in [5, 5.41) is 12.0. The Hall–Kier alpha value is -2.66. The molecule has 0 bridgehead atoms. The molecule has 2 aromatic carbocycles. The number of nitrogens with zero attached hydrogens (tertiary/aromatic N) is 3. The third-order valence-corrected chi connectivity index (χ3v) is 3.80. The Labute approximate surface area is 142 Å². The molecule has 3 rings (SSSR count). The van der Waals surface area contributed by atoms with Gasteiger partial charge in [-0.25, -0.2) is 4.68 Å². The normalized spacial score (nSPS) is 12.1. The van der Waals surface area contributed by atoms with Crippen molar-refractivity contribution >= 4 is 0 Å². The van der Waals surface area contributed by atoms with Crippen molar-refractivity contribution in [2.45, 2.75) is 26.4 Å². The van der Waals surface area contributed by atoms with Gasteiger partial charge in [-0.3, -0.25) is 0 Å². The van der Waals surface area contributed by atoms with Crippen molar-refractivity contribution < 1.29 is 4.74 Å². The minimum atomic E-state index is 0.109. The summed E-state index contributed by atoms with van der Waals surface area (Å²) >= 11 is 0. The van der Waals surface area contributed by atoms with E-state index in [-0.39, 0.29) is 6.04 Å². The van der Waals surface area contributed by atoms with Crippen LogP contribution in [-0.4, -0.2) is 21.6 Å². The number of aromatic nitrogens is 3. The van der Waals surface area contributed by atoms with Gasteiger partial charge in [-0.05, 0) is 43.7 Å². The number of hydrogen-bond acceptors (Lipinski definition) is 4. The van der Waals surface area contributed by atoms with Gasteiger partial charge in [0.1, 0.15) is 5.75 Å². The highest BCUT2D eigenvalue weighted by molar-refractivity contribution is 5.30. The van der Waals surface area contributed by atoms with Gasteiger partial charge in [-0.2, -0.15) is 0 Å². The Kier molecular flexibility index (Phi) is 5.23. The number of rotatable bonds is 7. The van der Waals surface area contributed by atoms with Crippen LogP contribution in [0.1, 0.15) is 31.1 Å². The highest BCUT2D eigenvalue weighted by Gasteiger charge is 2.10. The van der Waals surface area contributed by atoms with Gasteiger partial charge >= 0.3 is 0 Å². The summed E-state index contributed by atoms with van der Waals surface area (Å²) in [4.78, 5) is 0. The van der Waals surface area contributed by atoms with Crippen molar-refractivity contribution in [3.8, 4) is 11.4 Å². The molecule has 0 aliphatic heterocycles. The number of benzene rings is 2. The summed E-state index contributed by atoms with van der Waals surface area (Å²) in [7, 11) is 0. The third-order valence-electron chi connectivity index (χ3n) is 3.80. The van der Waals surface area contributed by atoms with Crippen LogP contribution in [0.5, 0.6) is 5.75 Å². The monoisotopic (exact) mass is 322 g/mol. The highest BCUT2D eigenvalue weighted by atomic mass is 16.5. The zero-order valence-corrected chi connectivity index (χ0v) is 14.0. The number of para-hydroxylation sites is 1. The molecule has 3 aromatic rings. The van der Waals surface area contributed by atoms with Crippen molar-refractivity contribution in [3.05, 3.63) is 72.1 Å². The summed E-state index contributed by atoms with van der Waals surface area (Å²) in [5.74, 6) is 0.902. The van der Waals surface area contributed by atoms with Crippen LogP contribution in [0.3, 0.4) is 0 Å². The zero-order chi connectivity index (χ0) is 16.8. The quantitative estimate of drug-likeness (QED) is 0.723. The predicted molar refractivity (Wildman–Crippen MR) is 94.2 cm³/mol. The molecule has 1 N–H and O–H groups in total. The number of nitrogens with one attached hydrogen (secondary N) is 1. The molecule has 124 valence electrons. The minimum Gasteiger partial charge on any atom is -0.494 e. The molecule has 0 saturated carbocycles. The van der Waals surface area contributed by atoms with Crippen LogP contribution in [-0.2, 0) is 6.54 Å². The van der Waals surface area contributed by atoms with E-state index >= 15 is 0 Å². The average Bonchev–Trinajstić information content (AvgIpc) is 3.11. The maximum absolute atomic E-state index is 5.54. The molecule has 0 aliphatic rings. The van der Waals surface area contributed by atoms with Crippen molar-refractivity contribution in [2.24, 2.45) is 0 Å². The van der Waals surface area contributed by atoms with Crippen LogP contribution < -0.4 is 10.1 Å². The van der Waals surface area contributed by atoms with Gasteiger partial charge in [0.25, 0.3) is 0 Å². The molecule has 1 heterocycles. The lowest BCUT2D eigenvalue weighted by molar-refractivity contribution is 0.339. The van der Waals surface area contributed by atoms with Gasteiger partial charge in [0.15, 0.2) is 0 Å². The molecule has 0 amide bonds.